The van der Waals surface area contributed by atoms with Crippen molar-refractivity contribution in [2.75, 3.05) is 18.1 Å². The Morgan fingerprint density at radius 2 is 1.81 bits per heavy atom. The largest absolute Gasteiger partial charge is 0.243 e. The zero-order valence-corrected chi connectivity index (χ0v) is 14.0. The summed E-state index contributed by atoms with van der Waals surface area (Å²) >= 11 is 0. The Bertz CT molecular complexity index is 693. The van der Waals surface area contributed by atoms with Gasteiger partial charge in [-0.3, -0.25) is 0 Å². The van der Waals surface area contributed by atoms with Crippen molar-refractivity contribution in [3.8, 4) is 0 Å². The molecule has 1 aliphatic heterocycles. The Kier molecular flexibility index (Phi) is 4.75. The first kappa shape index (κ1) is 16.5. The number of hydrogen-bond acceptors (Lipinski definition) is 4. The van der Waals surface area contributed by atoms with Crippen LogP contribution < -0.4 is 0 Å². The maximum Gasteiger partial charge on any atom is 0.243 e. The smallest absolute Gasteiger partial charge is 0.229 e. The van der Waals surface area contributed by atoms with E-state index in [-0.39, 0.29) is 22.9 Å². The summed E-state index contributed by atoms with van der Waals surface area (Å²) in [6.45, 7) is 4.02. The van der Waals surface area contributed by atoms with Crippen molar-refractivity contribution in [3.05, 3.63) is 29.8 Å². The first-order valence-corrected chi connectivity index (χ1v) is 10.4. The van der Waals surface area contributed by atoms with Crippen LogP contribution in [0.4, 0.5) is 0 Å². The highest BCUT2D eigenvalue weighted by Gasteiger charge is 2.37. The molecule has 0 spiro atoms. The monoisotopic (exact) mass is 331 g/mol. The van der Waals surface area contributed by atoms with E-state index in [1.54, 1.807) is 31.2 Å². The number of sulfonamides is 1. The minimum atomic E-state index is -3.64. The molecule has 1 aromatic rings. The molecule has 1 aliphatic rings. The van der Waals surface area contributed by atoms with Gasteiger partial charge in [-0.15, -0.1) is 0 Å². The second-order valence-corrected chi connectivity index (χ2v) is 9.38. The van der Waals surface area contributed by atoms with E-state index in [4.69, 9.17) is 0 Å². The molecule has 0 radical (unpaired) electrons. The van der Waals surface area contributed by atoms with Crippen LogP contribution in [0.2, 0.25) is 0 Å². The van der Waals surface area contributed by atoms with Crippen LogP contribution in [0.3, 0.4) is 0 Å². The summed E-state index contributed by atoms with van der Waals surface area (Å²) in [6, 6.07) is 6.34. The van der Waals surface area contributed by atoms with Crippen LogP contribution in [0.5, 0.6) is 0 Å². The minimum Gasteiger partial charge on any atom is -0.229 e. The molecule has 0 bridgehead atoms. The summed E-state index contributed by atoms with van der Waals surface area (Å²) in [4.78, 5) is 0.228. The molecular formula is C14H21NO4S2. The summed E-state index contributed by atoms with van der Waals surface area (Å²) in [5.41, 5.74) is 1.07. The van der Waals surface area contributed by atoms with Gasteiger partial charge in [-0.05, 0) is 30.5 Å². The maximum atomic E-state index is 12.7. The molecule has 0 saturated carbocycles. The fourth-order valence-corrected chi connectivity index (χ4v) is 6.15. The van der Waals surface area contributed by atoms with Crippen LogP contribution in [0.1, 0.15) is 25.8 Å². The van der Waals surface area contributed by atoms with Crippen molar-refractivity contribution in [2.24, 2.45) is 0 Å². The predicted molar refractivity (Wildman–Crippen MR) is 82.4 cm³/mol. The molecule has 1 saturated heterocycles. The average molecular weight is 331 g/mol. The van der Waals surface area contributed by atoms with E-state index in [1.165, 1.54) is 4.31 Å². The quantitative estimate of drug-likeness (QED) is 0.818. The zero-order valence-electron chi connectivity index (χ0n) is 12.3. The topological polar surface area (TPSA) is 71.5 Å². The Balaban J connectivity index is 2.31. The van der Waals surface area contributed by atoms with Gasteiger partial charge < -0.3 is 0 Å². The van der Waals surface area contributed by atoms with Gasteiger partial charge in [-0.25, -0.2) is 16.8 Å². The summed E-state index contributed by atoms with van der Waals surface area (Å²) in [5, 5.41) is 0. The van der Waals surface area contributed by atoms with Crippen molar-refractivity contribution in [1.29, 1.82) is 0 Å². The predicted octanol–water partition coefficient (Wildman–Crippen LogP) is 1.45. The van der Waals surface area contributed by atoms with Crippen molar-refractivity contribution < 1.29 is 16.8 Å². The van der Waals surface area contributed by atoms with E-state index in [9.17, 15) is 16.8 Å². The summed E-state index contributed by atoms with van der Waals surface area (Å²) in [5.74, 6) is -0.00836. The zero-order chi connectivity index (χ0) is 15.7. The molecule has 0 amide bonds. The van der Waals surface area contributed by atoms with Crippen LogP contribution in [-0.2, 0) is 26.3 Å². The Hall–Kier alpha value is -0.920. The standard InChI is InChI=1S/C14H21NO4S2/c1-3-12-5-7-14(8-6-12)21(18,19)15(4-2)13-9-10-20(16,17)11-13/h5-8,13H,3-4,9-11H2,1-2H3/t13-/m0/s1. The van der Waals surface area contributed by atoms with Crippen LogP contribution in [0.25, 0.3) is 0 Å². The van der Waals surface area contributed by atoms with E-state index in [0.29, 0.717) is 6.42 Å². The van der Waals surface area contributed by atoms with Gasteiger partial charge in [0.1, 0.15) is 0 Å². The van der Waals surface area contributed by atoms with Crippen molar-refractivity contribution in [2.45, 2.75) is 37.6 Å². The third-order valence-corrected chi connectivity index (χ3v) is 7.66. The van der Waals surface area contributed by atoms with E-state index < -0.39 is 25.9 Å². The Labute approximate surface area is 126 Å². The molecule has 0 aliphatic carbocycles. The molecule has 0 N–H and O–H groups in total. The molecule has 1 fully saturated rings. The molecule has 0 unspecified atom stereocenters. The molecule has 2 rings (SSSR count). The van der Waals surface area contributed by atoms with Gasteiger partial charge in [-0.2, -0.15) is 4.31 Å². The van der Waals surface area contributed by atoms with E-state index in [0.717, 1.165) is 12.0 Å². The number of sulfone groups is 1. The van der Waals surface area contributed by atoms with E-state index >= 15 is 0 Å². The minimum absolute atomic E-state index is 0.0679. The highest BCUT2D eigenvalue weighted by atomic mass is 32.2. The van der Waals surface area contributed by atoms with Crippen LogP contribution in [-0.4, -0.2) is 45.2 Å². The lowest BCUT2D eigenvalue weighted by atomic mass is 10.2. The first-order valence-electron chi connectivity index (χ1n) is 7.11. The molecule has 0 aromatic heterocycles. The fraction of sp³-hybridized carbons (Fsp3) is 0.571. The molecule has 7 heteroatoms. The number of rotatable bonds is 5. The fourth-order valence-electron chi connectivity index (χ4n) is 2.66. The van der Waals surface area contributed by atoms with Gasteiger partial charge in [0.15, 0.2) is 9.84 Å². The molecular weight excluding hydrogens is 310 g/mol. The van der Waals surface area contributed by atoms with E-state index in [1.807, 2.05) is 6.92 Å². The van der Waals surface area contributed by atoms with Gasteiger partial charge >= 0.3 is 0 Å². The number of aryl methyl sites for hydroxylation is 1. The van der Waals surface area contributed by atoms with Gasteiger partial charge in [-0.1, -0.05) is 26.0 Å². The van der Waals surface area contributed by atoms with Crippen LogP contribution >= 0.6 is 0 Å². The molecule has 1 heterocycles. The lowest BCUT2D eigenvalue weighted by Crippen LogP contribution is -2.40. The first-order chi connectivity index (χ1) is 9.80. The SMILES string of the molecule is CCc1ccc(S(=O)(=O)N(CC)[C@H]2CCS(=O)(=O)C2)cc1. The van der Waals surface area contributed by atoms with Crippen molar-refractivity contribution in [1.82, 2.24) is 4.31 Å². The second kappa shape index (κ2) is 6.06. The Morgan fingerprint density at radius 3 is 2.24 bits per heavy atom. The highest BCUT2D eigenvalue weighted by molar-refractivity contribution is 7.92. The second-order valence-electron chi connectivity index (χ2n) is 5.26. The van der Waals surface area contributed by atoms with Crippen molar-refractivity contribution >= 4 is 19.9 Å². The summed E-state index contributed by atoms with van der Waals surface area (Å²) in [7, 11) is -6.75. The van der Waals surface area contributed by atoms with Gasteiger partial charge in [0.25, 0.3) is 0 Å². The number of nitrogens with zero attached hydrogens (tertiary/aromatic N) is 1. The van der Waals surface area contributed by atoms with Crippen LogP contribution in [0.15, 0.2) is 29.2 Å². The van der Waals surface area contributed by atoms with E-state index in [2.05, 4.69) is 0 Å². The lowest BCUT2D eigenvalue weighted by molar-refractivity contribution is 0.354. The molecule has 118 valence electrons. The molecule has 5 nitrogen and oxygen atoms in total. The third-order valence-electron chi connectivity index (χ3n) is 3.87. The number of hydrogen-bond donors (Lipinski definition) is 0. The molecule has 21 heavy (non-hydrogen) atoms. The van der Waals surface area contributed by atoms with Crippen molar-refractivity contribution in [3.63, 3.8) is 0 Å². The lowest BCUT2D eigenvalue weighted by Gasteiger charge is -2.26. The summed E-state index contributed by atoms with van der Waals surface area (Å²) in [6.07, 6.45) is 1.22. The van der Waals surface area contributed by atoms with Gasteiger partial charge in [0.05, 0.1) is 16.4 Å². The van der Waals surface area contributed by atoms with Crippen LogP contribution in [0, 0.1) is 0 Å². The number of benzene rings is 1. The molecule has 1 atom stereocenters. The summed E-state index contributed by atoms with van der Waals surface area (Å²) < 4.78 is 49.9. The molecule has 1 aromatic carbocycles. The van der Waals surface area contributed by atoms with Gasteiger partial charge in [0.2, 0.25) is 10.0 Å². The Morgan fingerprint density at radius 1 is 1.19 bits per heavy atom. The third kappa shape index (κ3) is 3.46. The average Bonchev–Trinajstić information content (AvgIpc) is 2.79. The normalized spacial score (nSPS) is 21.8. The maximum absolute atomic E-state index is 12.7. The van der Waals surface area contributed by atoms with Gasteiger partial charge in [0, 0.05) is 12.6 Å². The highest BCUT2D eigenvalue weighted by Crippen LogP contribution is 2.25.